The molecule has 0 aromatic heterocycles. The van der Waals surface area contributed by atoms with Gasteiger partial charge in [0.25, 0.3) is 0 Å². The average molecular weight is 474 g/mol. The van der Waals surface area contributed by atoms with E-state index in [0.717, 1.165) is 21.1 Å². The molecule has 2 aromatic rings. The highest BCUT2D eigenvalue weighted by Gasteiger charge is 2.19. The van der Waals surface area contributed by atoms with E-state index in [0.29, 0.717) is 6.42 Å². The Kier molecular flexibility index (Phi) is 4.52. The normalized spacial score (nSPS) is 15.3. The Morgan fingerprint density at radius 3 is 2.67 bits per heavy atom. The third-order valence-electron chi connectivity index (χ3n) is 3.55. The Morgan fingerprint density at radius 2 is 1.86 bits per heavy atom. The Bertz CT molecular complexity index is 715. The van der Waals surface area contributed by atoms with Gasteiger partial charge < -0.3 is 5.32 Å². The smallest absolute Gasteiger partial charge is 0.224 e. The van der Waals surface area contributed by atoms with Crippen molar-refractivity contribution < 1.29 is 4.79 Å². The van der Waals surface area contributed by atoms with Crippen molar-refractivity contribution in [1.29, 1.82) is 0 Å². The Hall–Kier alpha value is -0.650. The van der Waals surface area contributed by atoms with E-state index in [1.165, 1.54) is 16.7 Å². The van der Waals surface area contributed by atoms with E-state index in [1.807, 2.05) is 18.2 Å². The zero-order valence-corrected chi connectivity index (χ0v) is 15.8. The summed E-state index contributed by atoms with van der Waals surface area (Å²) in [4.78, 5) is 11.5. The first kappa shape index (κ1) is 15.3. The van der Waals surface area contributed by atoms with Gasteiger partial charge in [0.1, 0.15) is 0 Å². The van der Waals surface area contributed by atoms with Crippen LogP contribution in [0, 0.1) is 0 Å². The fraction of sp³-hybridized carbons (Fsp3) is 0.188. The summed E-state index contributed by atoms with van der Waals surface area (Å²) in [5, 5.41) is 2.92. The van der Waals surface area contributed by atoms with Crippen molar-refractivity contribution in [3.63, 3.8) is 0 Å². The number of carbonyl (C=O) groups is 1. The molecule has 2 nitrogen and oxygen atoms in total. The van der Waals surface area contributed by atoms with Crippen LogP contribution in [0.4, 0.5) is 5.69 Å². The second-order valence-electron chi connectivity index (χ2n) is 4.99. The minimum absolute atomic E-state index is 0.0976. The monoisotopic (exact) mass is 471 g/mol. The quantitative estimate of drug-likeness (QED) is 0.567. The van der Waals surface area contributed by atoms with Gasteiger partial charge >= 0.3 is 0 Å². The summed E-state index contributed by atoms with van der Waals surface area (Å²) < 4.78 is 2.12. The third kappa shape index (κ3) is 3.25. The van der Waals surface area contributed by atoms with Crippen LogP contribution in [0.25, 0.3) is 0 Å². The number of aryl methyl sites for hydroxylation is 1. The molecule has 1 aliphatic rings. The molecule has 3 rings (SSSR count). The molecular formula is C16H12Br3NO. The predicted octanol–water partition coefficient (Wildman–Crippen LogP) is 5.58. The minimum atomic E-state index is 0.0976. The lowest BCUT2D eigenvalue weighted by atomic mass is 9.97. The zero-order valence-electron chi connectivity index (χ0n) is 11.0. The van der Waals surface area contributed by atoms with Crippen LogP contribution in [0.2, 0.25) is 0 Å². The van der Waals surface area contributed by atoms with Crippen LogP contribution in [0.5, 0.6) is 0 Å². The summed E-state index contributed by atoms with van der Waals surface area (Å²) in [6, 6.07) is 12.4. The molecule has 108 valence electrons. The second kappa shape index (κ2) is 6.23. The number of hydrogen-bond donors (Lipinski definition) is 1. The molecule has 0 fully saturated rings. The van der Waals surface area contributed by atoms with E-state index >= 15 is 0 Å². The van der Waals surface area contributed by atoms with Gasteiger partial charge in [-0.05, 0) is 47.4 Å². The number of hydrogen-bond acceptors (Lipinski definition) is 1. The largest absolute Gasteiger partial charge is 0.326 e. The lowest BCUT2D eigenvalue weighted by Crippen LogP contribution is -2.19. The third-order valence-corrected chi connectivity index (χ3v) is 5.79. The van der Waals surface area contributed by atoms with Gasteiger partial charge in [-0.3, -0.25) is 4.79 Å². The lowest BCUT2D eigenvalue weighted by Gasteiger charge is -2.20. The maximum Gasteiger partial charge on any atom is 0.224 e. The van der Waals surface area contributed by atoms with Crippen LogP contribution < -0.4 is 5.32 Å². The van der Waals surface area contributed by atoms with Crippen LogP contribution >= 0.6 is 47.8 Å². The van der Waals surface area contributed by atoms with E-state index in [-0.39, 0.29) is 10.7 Å². The van der Waals surface area contributed by atoms with Gasteiger partial charge in [-0.15, -0.1) is 0 Å². The minimum Gasteiger partial charge on any atom is -0.326 e. The van der Waals surface area contributed by atoms with E-state index in [2.05, 4.69) is 71.3 Å². The number of nitrogens with one attached hydrogen (secondary N) is 1. The molecule has 0 saturated carbocycles. The van der Waals surface area contributed by atoms with Crippen molar-refractivity contribution >= 4 is 59.4 Å². The van der Waals surface area contributed by atoms with Crippen molar-refractivity contribution in [3.8, 4) is 0 Å². The Labute approximate surface area is 148 Å². The van der Waals surface area contributed by atoms with E-state index < -0.39 is 0 Å². The van der Waals surface area contributed by atoms with Gasteiger partial charge in [0.05, 0.1) is 4.83 Å². The maximum atomic E-state index is 11.4. The molecular weight excluding hydrogens is 462 g/mol. The first-order valence-electron chi connectivity index (χ1n) is 6.56. The standard InChI is InChI=1S/C16H12Br3NO/c17-11-3-4-13(18)12(8-11)16(19)10-1-5-14-9(7-10)2-6-15(21)20-14/h1,3-5,7-8,16H,2,6H2,(H,20,21). The molecule has 1 unspecified atom stereocenters. The predicted molar refractivity (Wildman–Crippen MR) is 96.0 cm³/mol. The molecule has 0 spiro atoms. The molecule has 1 aliphatic heterocycles. The summed E-state index contributed by atoms with van der Waals surface area (Å²) in [5.74, 6) is 0.0976. The van der Waals surface area contributed by atoms with E-state index in [9.17, 15) is 4.79 Å². The molecule has 21 heavy (non-hydrogen) atoms. The number of amides is 1. The summed E-state index contributed by atoms with van der Waals surface area (Å²) in [7, 11) is 0. The molecule has 0 aliphatic carbocycles. The summed E-state index contributed by atoms with van der Waals surface area (Å²) >= 11 is 10.9. The molecule has 1 N–H and O–H groups in total. The van der Waals surface area contributed by atoms with Crippen LogP contribution in [-0.2, 0) is 11.2 Å². The van der Waals surface area contributed by atoms with Gasteiger partial charge in [-0.25, -0.2) is 0 Å². The number of alkyl halides is 1. The second-order valence-corrected chi connectivity index (χ2v) is 7.68. The summed E-state index contributed by atoms with van der Waals surface area (Å²) in [5.41, 5.74) is 4.48. The first-order chi connectivity index (χ1) is 10.0. The summed E-state index contributed by atoms with van der Waals surface area (Å²) in [6.07, 6.45) is 1.36. The zero-order chi connectivity index (χ0) is 15.0. The lowest BCUT2D eigenvalue weighted by molar-refractivity contribution is -0.116. The molecule has 0 radical (unpaired) electrons. The highest BCUT2D eigenvalue weighted by molar-refractivity contribution is 9.11. The van der Waals surface area contributed by atoms with Gasteiger partial charge in [0.15, 0.2) is 0 Å². The van der Waals surface area contributed by atoms with Crippen LogP contribution in [0.15, 0.2) is 45.3 Å². The van der Waals surface area contributed by atoms with Crippen molar-refractivity contribution in [2.24, 2.45) is 0 Å². The van der Waals surface area contributed by atoms with Gasteiger partial charge in [-0.2, -0.15) is 0 Å². The number of fused-ring (bicyclic) bond motifs is 1. The van der Waals surface area contributed by atoms with Crippen molar-refractivity contribution in [2.45, 2.75) is 17.7 Å². The maximum absolute atomic E-state index is 11.4. The van der Waals surface area contributed by atoms with Crippen molar-refractivity contribution in [3.05, 3.63) is 62.0 Å². The molecule has 1 atom stereocenters. The van der Waals surface area contributed by atoms with Crippen LogP contribution in [0.3, 0.4) is 0 Å². The van der Waals surface area contributed by atoms with Crippen molar-refractivity contribution in [2.75, 3.05) is 5.32 Å². The van der Waals surface area contributed by atoms with Gasteiger partial charge in [-0.1, -0.05) is 59.9 Å². The Balaban J connectivity index is 1.97. The molecule has 2 aromatic carbocycles. The number of carbonyl (C=O) groups excluding carboxylic acids is 1. The molecule has 0 saturated heterocycles. The number of benzene rings is 2. The fourth-order valence-corrected chi connectivity index (χ4v) is 4.27. The average Bonchev–Trinajstić information content (AvgIpc) is 2.48. The van der Waals surface area contributed by atoms with E-state index in [1.54, 1.807) is 0 Å². The Morgan fingerprint density at radius 1 is 1.05 bits per heavy atom. The SMILES string of the molecule is O=C1CCc2cc(C(Br)c3cc(Br)ccc3Br)ccc2N1. The molecule has 1 amide bonds. The molecule has 1 heterocycles. The first-order valence-corrected chi connectivity index (χ1v) is 9.06. The number of halogens is 3. The number of anilines is 1. The molecule has 0 bridgehead atoms. The number of rotatable bonds is 2. The molecule has 5 heteroatoms. The van der Waals surface area contributed by atoms with E-state index in [4.69, 9.17) is 0 Å². The van der Waals surface area contributed by atoms with Gasteiger partial charge in [0, 0.05) is 21.1 Å². The van der Waals surface area contributed by atoms with Gasteiger partial charge in [0.2, 0.25) is 5.91 Å². The topological polar surface area (TPSA) is 29.1 Å². The fourth-order valence-electron chi connectivity index (χ4n) is 2.45. The van der Waals surface area contributed by atoms with Crippen LogP contribution in [0.1, 0.15) is 27.9 Å². The van der Waals surface area contributed by atoms with Crippen LogP contribution in [-0.4, -0.2) is 5.91 Å². The highest BCUT2D eigenvalue weighted by atomic mass is 79.9. The van der Waals surface area contributed by atoms with Crippen molar-refractivity contribution in [1.82, 2.24) is 0 Å². The summed E-state index contributed by atoms with van der Waals surface area (Å²) in [6.45, 7) is 0. The highest BCUT2D eigenvalue weighted by Crippen LogP contribution is 2.38.